The highest BCUT2D eigenvalue weighted by Gasteiger charge is 2.23. The molecule has 0 heterocycles. The smallest absolute Gasteiger partial charge is 0.344 e. The van der Waals surface area contributed by atoms with Gasteiger partial charge in [-0.25, -0.2) is 9.59 Å². The minimum Gasteiger partial charge on any atom is -0.479 e. The third-order valence-corrected chi connectivity index (χ3v) is 3.20. The molecule has 0 aliphatic heterocycles. The monoisotopic (exact) mass is 288 g/mol. The van der Waals surface area contributed by atoms with Gasteiger partial charge in [0.05, 0.1) is 0 Å². The van der Waals surface area contributed by atoms with Crippen LogP contribution >= 0.6 is 0 Å². The molecule has 2 aromatic rings. The second-order valence-electron chi connectivity index (χ2n) is 4.70. The minimum absolute atomic E-state index is 0.00421. The van der Waals surface area contributed by atoms with Gasteiger partial charge in [0.15, 0.2) is 6.10 Å². The van der Waals surface area contributed by atoms with Gasteiger partial charge in [0, 0.05) is 0 Å². The van der Waals surface area contributed by atoms with Crippen molar-refractivity contribution in [2.75, 3.05) is 0 Å². The number of carbonyl (C=O) groups is 2. The number of ether oxygens (including phenoxy) is 1. The Balaban J connectivity index is 2.50. The van der Waals surface area contributed by atoms with Crippen LogP contribution < -0.4 is 4.74 Å². The fourth-order valence-electron chi connectivity index (χ4n) is 2.22. The number of rotatable bonds is 6. The van der Waals surface area contributed by atoms with E-state index in [0.717, 1.165) is 5.39 Å². The van der Waals surface area contributed by atoms with E-state index < -0.39 is 18.0 Å². The van der Waals surface area contributed by atoms with Crippen molar-refractivity contribution in [2.45, 2.75) is 25.9 Å². The van der Waals surface area contributed by atoms with Gasteiger partial charge in [-0.2, -0.15) is 0 Å². The van der Waals surface area contributed by atoms with E-state index in [4.69, 9.17) is 9.84 Å². The number of carboxylic acids is 2. The van der Waals surface area contributed by atoms with Crippen molar-refractivity contribution in [3.8, 4) is 5.75 Å². The van der Waals surface area contributed by atoms with E-state index in [1.165, 1.54) is 6.07 Å². The van der Waals surface area contributed by atoms with Crippen molar-refractivity contribution < 1.29 is 24.5 Å². The van der Waals surface area contributed by atoms with Crippen LogP contribution in [0.3, 0.4) is 0 Å². The van der Waals surface area contributed by atoms with Crippen LogP contribution in [0.15, 0.2) is 36.4 Å². The number of aromatic carboxylic acids is 1. The Morgan fingerprint density at radius 2 is 1.86 bits per heavy atom. The molecule has 0 radical (unpaired) electrons. The SMILES string of the molecule is CCCC(Oc1ccc2ccccc2c1C(=O)O)C(=O)O. The van der Waals surface area contributed by atoms with Crippen molar-refractivity contribution in [3.05, 3.63) is 42.0 Å². The molecule has 0 aliphatic carbocycles. The van der Waals surface area contributed by atoms with Crippen molar-refractivity contribution >= 4 is 22.7 Å². The van der Waals surface area contributed by atoms with E-state index in [1.807, 2.05) is 13.0 Å². The first-order chi connectivity index (χ1) is 10.0. The summed E-state index contributed by atoms with van der Waals surface area (Å²) in [6.45, 7) is 1.85. The highest BCUT2D eigenvalue weighted by molar-refractivity contribution is 6.06. The molecule has 0 fully saturated rings. The Morgan fingerprint density at radius 3 is 2.48 bits per heavy atom. The summed E-state index contributed by atoms with van der Waals surface area (Å²) in [5, 5.41) is 19.9. The summed E-state index contributed by atoms with van der Waals surface area (Å²) >= 11 is 0. The number of carboxylic acid groups (broad SMARTS) is 2. The van der Waals surface area contributed by atoms with Gasteiger partial charge >= 0.3 is 11.9 Å². The van der Waals surface area contributed by atoms with Crippen LogP contribution in [-0.2, 0) is 4.79 Å². The Bertz CT molecular complexity index is 677. The second kappa shape index (κ2) is 6.26. The maximum Gasteiger partial charge on any atom is 0.344 e. The maximum absolute atomic E-state index is 11.5. The van der Waals surface area contributed by atoms with E-state index in [1.54, 1.807) is 24.3 Å². The fourth-order valence-corrected chi connectivity index (χ4v) is 2.22. The number of aliphatic carboxylic acids is 1. The fraction of sp³-hybridized carbons (Fsp3) is 0.250. The zero-order valence-corrected chi connectivity index (χ0v) is 11.6. The number of hydrogen-bond acceptors (Lipinski definition) is 3. The minimum atomic E-state index is -1.14. The Labute approximate surface area is 121 Å². The van der Waals surface area contributed by atoms with Crippen LogP contribution in [0.1, 0.15) is 30.1 Å². The molecule has 21 heavy (non-hydrogen) atoms. The van der Waals surface area contributed by atoms with Crippen LogP contribution in [-0.4, -0.2) is 28.3 Å². The summed E-state index contributed by atoms with van der Waals surface area (Å²) in [5.74, 6) is -2.15. The highest BCUT2D eigenvalue weighted by Crippen LogP contribution is 2.29. The summed E-state index contributed by atoms with van der Waals surface area (Å²) in [4.78, 5) is 22.7. The zero-order valence-electron chi connectivity index (χ0n) is 11.6. The summed E-state index contributed by atoms with van der Waals surface area (Å²) < 4.78 is 5.44. The second-order valence-corrected chi connectivity index (χ2v) is 4.70. The summed E-state index contributed by atoms with van der Waals surface area (Å²) in [6, 6.07) is 10.3. The molecule has 2 N–H and O–H groups in total. The Kier molecular flexibility index (Phi) is 4.42. The topological polar surface area (TPSA) is 83.8 Å². The molecular weight excluding hydrogens is 272 g/mol. The lowest BCUT2D eigenvalue weighted by molar-refractivity contribution is -0.145. The third-order valence-electron chi connectivity index (χ3n) is 3.20. The predicted molar refractivity (Wildman–Crippen MR) is 77.9 cm³/mol. The molecule has 0 amide bonds. The maximum atomic E-state index is 11.5. The Morgan fingerprint density at radius 1 is 1.14 bits per heavy atom. The normalized spacial score (nSPS) is 12.0. The molecule has 5 nitrogen and oxygen atoms in total. The van der Waals surface area contributed by atoms with Crippen molar-refractivity contribution in [1.82, 2.24) is 0 Å². The quantitative estimate of drug-likeness (QED) is 0.853. The average Bonchev–Trinajstić information content (AvgIpc) is 2.45. The third kappa shape index (κ3) is 3.13. The number of fused-ring (bicyclic) bond motifs is 1. The molecule has 110 valence electrons. The first-order valence-corrected chi connectivity index (χ1v) is 6.69. The molecule has 0 spiro atoms. The van der Waals surface area contributed by atoms with Crippen LogP contribution in [0, 0.1) is 0 Å². The van der Waals surface area contributed by atoms with Gasteiger partial charge in [-0.3, -0.25) is 0 Å². The summed E-state index contributed by atoms with van der Waals surface area (Å²) in [7, 11) is 0. The van der Waals surface area contributed by atoms with Crippen LogP contribution in [0.25, 0.3) is 10.8 Å². The van der Waals surface area contributed by atoms with E-state index in [-0.39, 0.29) is 11.3 Å². The molecule has 0 aromatic heterocycles. The predicted octanol–water partition coefficient (Wildman–Crippen LogP) is 3.17. The molecule has 0 saturated carbocycles. The standard InChI is InChI=1S/C16H16O5/c1-2-5-13(15(17)18)21-12-9-8-10-6-3-4-7-11(10)14(12)16(19)20/h3-4,6-9,13H,2,5H2,1H3,(H,17,18)(H,19,20). The molecule has 5 heteroatoms. The molecular formula is C16H16O5. The van der Waals surface area contributed by atoms with Gasteiger partial charge < -0.3 is 14.9 Å². The van der Waals surface area contributed by atoms with Gasteiger partial charge in [0.25, 0.3) is 0 Å². The average molecular weight is 288 g/mol. The molecule has 2 aromatic carbocycles. The molecule has 2 rings (SSSR count). The molecule has 0 bridgehead atoms. The lowest BCUT2D eigenvalue weighted by atomic mass is 10.0. The van der Waals surface area contributed by atoms with E-state index in [9.17, 15) is 14.7 Å². The van der Waals surface area contributed by atoms with Crippen molar-refractivity contribution in [1.29, 1.82) is 0 Å². The van der Waals surface area contributed by atoms with E-state index >= 15 is 0 Å². The number of benzene rings is 2. The van der Waals surface area contributed by atoms with Crippen molar-refractivity contribution in [2.24, 2.45) is 0 Å². The largest absolute Gasteiger partial charge is 0.479 e. The van der Waals surface area contributed by atoms with Crippen LogP contribution in [0.4, 0.5) is 0 Å². The number of hydrogen-bond donors (Lipinski definition) is 2. The summed E-state index contributed by atoms with van der Waals surface area (Å²) in [5.41, 5.74) is -0.00421. The van der Waals surface area contributed by atoms with E-state index in [2.05, 4.69) is 0 Å². The zero-order chi connectivity index (χ0) is 15.4. The molecule has 0 saturated heterocycles. The van der Waals surface area contributed by atoms with Gasteiger partial charge in [-0.1, -0.05) is 43.7 Å². The van der Waals surface area contributed by atoms with Gasteiger partial charge in [0.2, 0.25) is 0 Å². The Hall–Kier alpha value is -2.56. The van der Waals surface area contributed by atoms with Crippen molar-refractivity contribution in [3.63, 3.8) is 0 Å². The van der Waals surface area contributed by atoms with Gasteiger partial charge in [-0.15, -0.1) is 0 Å². The molecule has 1 atom stereocenters. The lowest BCUT2D eigenvalue weighted by Gasteiger charge is -2.17. The van der Waals surface area contributed by atoms with Crippen LogP contribution in [0.2, 0.25) is 0 Å². The van der Waals surface area contributed by atoms with Crippen LogP contribution in [0.5, 0.6) is 5.75 Å². The highest BCUT2D eigenvalue weighted by atomic mass is 16.5. The van der Waals surface area contributed by atoms with Gasteiger partial charge in [0.1, 0.15) is 11.3 Å². The molecule has 0 aliphatic rings. The first-order valence-electron chi connectivity index (χ1n) is 6.69. The lowest BCUT2D eigenvalue weighted by Crippen LogP contribution is -2.27. The van der Waals surface area contributed by atoms with E-state index in [0.29, 0.717) is 18.2 Å². The van der Waals surface area contributed by atoms with Gasteiger partial charge in [-0.05, 0) is 23.3 Å². The first kappa shape index (κ1) is 14.8. The summed E-state index contributed by atoms with van der Waals surface area (Å²) in [6.07, 6.45) is -0.0944. The molecule has 1 unspecified atom stereocenters.